The summed E-state index contributed by atoms with van der Waals surface area (Å²) in [5, 5.41) is 15.9. The number of rotatable bonds is 7. The van der Waals surface area contributed by atoms with Crippen molar-refractivity contribution >= 4 is 41.2 Å². The highest BCUT2D eigenvalue weighted by Crippen LogP contribution is 2.24. The van der Waals surface area contributed by atoms with Crippen molar-refractivity contribution in [2.75, 3.05) is 0 Å². The monoisotopic (exact) mass is 430 g/mol. The second-order valence-electron chi connectivity index (χ2n) is 6.69. The van der Waals surface area contributed by atoms with Crippen LogP contribution in [0, 0.1) is 10.8 Å². The van der Waals surface area contributed by atoms with Gasteiger partial charge in [-0.2, -0.15) is 0 Å². The Bertz CT molecular complexity index is 1210. The van der Waals surface area contributed by atoms with Gasteiger partial charge in [-0.3, -0.25) is 10.8 Å². The van der Waals surface area contributed by atoms with Crippen LogP contribution in [-0.4, -0.2) is 21.7 Å². The Balaban J connectivity index is 1.52. The number of ether oxygens (including phenoxy) is 2. The van der Waals surface area contributed by atoms with Gasteiger partial charge in [-0.05, 0) is 53.6 Å². The number of nitrogens with zero attached hydrogens (tertiary/aromatic N) is 2. The van der Waals surface area contributed by atoms with Gasteiger partial charge in [0.25, 0.3) is 0 Å². The molecular formula is C24H19ClN4O2. The highest BCUT2D eigenvalue weighted by atomic mass is 35.5. The van der Waals surface area contributed by atoms with Crippen LogP contribution in [0.25, 0.3) is 17.3 Å². The Morgan fingerprint density at radius 3 is 2.52 bits per heavy atom. The summed E-state index contributed by atoms with van der Waals surface area (Å²) in [6, 6.07) is 20.5. The zero-order chi connectivity index (χ0) is 21.6. The molecule has 0 radical (unpaired) electrons. The van der Waals surface area contributed by atoms with Crippen molar-refractivity contribution in [3.05, 3.63) is 101 Å². The molecule has 4 aromatic rings. The Morgan fingerprint density at radius 1 is 1.03 bits per heavy atom. The largest absolute Gasteiger partial charge is 0.487 e. The summed E-state index contributed by atoms with van der Waals surface area (Å²) in [6.07, 6.45) is 6.44. The van der Waals surface area contributed by atoms with Crippen LogP contribution in [-0.2, 0) is 11.3 Å². The molecule has 2 aromatic carbocycles. The van der Waals surface area contributed by atoms with E-state index < -0.39 is 0 Å². The number of aromatic nitrogens is 2. The fourth-order valence-corrected chi connectivity index (χ4v) is 3.20. The predicted molar refractivity (Wildman–Crippen MR) is 123 cm³/mol. The van der Waals surface area contributed by atoms with E-state index in [0.717, 1.165) is 28.9 Å². The first kappa shape index (κ1) is 20.4. The van der Waals surface area contributed by atoms with Crippen LogP contribution in [0.3, 0.4) is 0 Å². The van der Waals surface area contributed by atoms with Crippen molar-refractivity contribution < 1.29 is 9.47 Å². The van der Waals surface area contributed by atoms with Crippen LogP contribution in [0.2, 0.25) is 5.02 Å². The minimum absolute atomic E-state index is 0.122. The number of pyridine rings is 1. The number of imidazole rings is 1. The van der Waals surface area contributed by atoms with E-state index in [1.807, 2.05) is 77.5 Å². The minimum atomic E-state index is -0.122. The zero-order valence-electron chi connectivity index (χ0n) is 16.5. The Kier molecular flexibility index (Phi) is 6.10. The van der Waals surface area contributed by atoms with Crippen molar-refractivity contribution in [2.45, 2.75) is 6.61 Å². The number of hydrogen-bond donors (Lipinski definition) is 2. The van der Waals surface area contributed by atoms with Crippen LogP contribution >= 0.6 is 11.6 Å². The van der Waals surface area contributed by atoms with Crippen molar-refractivity contribution in [3.8, 4) is 5.75 Å². The van der Waals surface area contributed by atoms with Crippen molar-refractivity contribution in [3.63, 3.8) is 0 Å². The lowest BCUT2D eigenvalue weighted by atomic mass is 10.0. The van der Waals surface area contributed by atoms with E-state index >= 15 is 0 Å². The van der Waals surface area contributed by atoms with Gasteiger partial charge in [-0.25, -0.2) is 4.98 Å². The van der Waals surface area contributed by atoms with Gasteiger partial charge in [0, 0.05) is 23.0 Å². The molecule has 2 N–H and O–H groups in total. The summed E-state index contributed by atoms with van der Waals surface area (Å²) < 4.78 is 12.8. The summed E-state index contributed by atoms with van der Waals surface area (Å²) >= 11 is 5.95. The number of halogens is 1. The van der Waals surface area contributed by atoms with Gasteiger partial charge in [-0.1, -0.05) is 41.9 Å². The lowest BCUT2D eigenvalue weighted by molar-refractivity contribution is 0.302. The maximum absolute atomic E-state index is 8.17. The molecule has 4 rings (SSSR count). The van der Waals surface area contributed by atoms with Crippen molar-refractivity contribution in [1.29, 1.82) is 10.8 Å². The van der Waals surface area contributed by atoms with E-state index in [1.54, 1.807) is 12.1 Å². The lowest BCUT2D eigenvalue weighted by Crippen LogP contribution is -2.05. The summed E-state index contributed by atoms with van der Waals surface area (Å²) in [4.78, 5) is 4.52. The maximum Gasteiger partial charge on any atom is 0.221 e. The fourth-order valence-electron chi connectivity index (χ4n) is 3.07. The number of fused-ring (bicyclic) bond motifs is 1. The zero-order valence-corrected chi connectivity index (χ0v) is 17.2. The normalized spacial score (nSPS) is 11.3. The van der Waals surface area contributed by atoms with E-state index in [2.05, 4.69) is 4.98 Å². The molecule has 0 aliphatic carbocycles. The average Bonchev–Trinajstić information content (AvgIpc) is 3.21. The van der Waals surface area contributed by atoms with Crippen LogP contribution in [0.15, 0.2) is 79.1 Å². The summed E-state index contributed by atoms with van der Waals surface area (Å²) in [6.45, 7) is 0.348. The molecule has 0 atom stereocenters. The molecular weight excluding hydrogens is 412 g/mol. The van der Waals surface area contributed by atoms with E-state index in [-0.39, 0.29) is 5.90 Å². The molecule has 0 fully saturated rings. The molecule has 0 saturated carbocycles. The second kappa shape index (κ2) is 9.28. The van der Waals surface area contributed by atoms with Crippen LogP contribution in [0.5, 0.6) is 5.75 Å². The minimum Gasteiger partial charge on any atom is -0.487 e. The maximum atomic E-state index is 8.17. The Labute approximate surface area is 184 Å². The molecule has 0 unspecified atom stereocenters. The quantitative estimate of drug-likeness (QED) is 0.224. The summed E-state index contributed by atoms with van der Waals surface area (Å²) in [7, 11) is 0. The van der Waals surface area contributed by atoms with Gasteiger partial charge in [0.2, 0.25) is 5.90 Å². The molecule has 6 nitrogen and oxygen atoms in total. The van der Waals surface area contributed by atoms with E-state index in [4.69, 9.17) is 31.9 Å². The molecule has 0 aliphatic heterocycles. The summed E-state index contributed by atoms with van der Waals surface area (Å²) in [5.74, 6) is 0.564. The second-order valence-corrected chi connectivity index (χ2v) is 7.12. The highest BCUT2D eigenvalue weighted by molar-refractivity contribution is 6.30. The average molecular weight is 431 g/mol. The van der Waals surface area contributed by atoms with Gasteiger partial charge >= 0.3 is 0 Å². The fraction of sp³-hybridized carbons (Fsp3) is 0.0417. The Hall–Kier alpha value is -3.90. The standard InChI is InChI=1S/C24H19ClN4O2/c25-19-8-4-17(5-9-19)13-22(24(27)31-16-26)18-6-10-21(11-7-18)30-15-20-14-29-12-2-1-3-23(29)28-20/h1-14,16,26-27H,15H2/b22-13+,26-16?,27-24?. The lowest BCUT2D eigenvalue weighted by Gasteiger charge is -2.10. The smallest absolute Gasteiger partial charge is 0.221 e. The molecule has 0 amide bonds. The first-order chi connectivity index (χ1) is 15.1. The first-order valence-corrected chi connectivity index (χ1v) is 9.88. The number of benzene rings is 2. The number of nitrogens with one attached hydrogen (secondary N) is 2. The Morgan fingerprint density at radius 2 is 1.81 bits per heavy atom. The van der Waals surface area contributed by atoms with Crippen LogP contribution in [0.4, 0.5) is 0 Å². The molecule has 0 aliphatic rings. The van der Waals surface area contributed by atoms with Crippen LogP contribution < -0.4 is 4.74 Å². The SMILES string of the molecule is N=COC(=N)/C(=C/c1ccc(Cl)cc1)c1ccc(OCc2cn3ccccc3n2)cc1. The third-order valence-electron chi connectivity index (χ3n) is 4.57. The molecule has 0 bridgehead atoms. The van der Waals surface area contributed by atoms with Gasteiger partial charge in [0.15, 0.2) is 6.40 Å². The molecule has 31 heavy (non-hydrogen) atoms. The van der Waals surface area contributed by atoms with Gasteiger partial charge in [-0.15, -0.1) is 0 Å². The molecule has 2 heterocycles. The summed E-state index contributed by atoms with van der Waals surface area (Å²) in [5.41, 5.74) is 3.88. The predicted octanol–water partition coefficient (Wildman–Crippen LogP) is 5.71. The third kappa shape index (κ3) is 4.99. The van der Waals surface area contributed by atoms with Crippen LogP contribution in [0.1, 0.15) is 16.8 Å². The first-order valence-electron chi connectivity index (χ1n) is 9.50. The van der Waals surface area contributed by atoms with Gasteiger partial charge < -0.3 is 13.9 Å². The van der Waals surface area contributed by atoms with E-state index in [9.17, 15) is 0 Å². The van der Waals surface area contributed by atoms with Crippen molar-refractivity contribution in [1.82, 2.24) is 9.38 Å². The third-order valence-corrected chi connectivity index (χ3v) is 4.82. The van der Waals surface area contributed by atoms with Gasteiger partial charge in [0.05, 0.1) is 5.69 Å². The molecule has 2 aromatic heterocycles. The molecule has 154 valence electrons. The van der Waals surface area contributed by atoms with E-state index in [0.29, 0.717) is 23.0 Å². The molecule has 0 saturated heterocycles. The van der Waals surface area contributed by atoms with Crippen molar-refractivity contribution in [2.24, 2.45) is 0 Å². The highest BCUT2D eigenvalue weighted by Gasteiger charge is 2.11. The number of hydrogen-bond acceptors (Lipinski definition) is 5. The van der Waals surface area contributed by atoms with E-state index in [1.165, 1.54) is 0 Å². The molecule has 7 heteroatoms. The molecule has 0 spiro atoms. The van der Waals surface area contributed by atoms with Gasteiger partial charge in [0.1, 0.15) is 18.0 Å². The topological polar surface area (TPSA) is 83.5 Å².